The summed E-state index contributed by atoms with van der Waals surface area (Å²) >= 11 is 0. The van der Waals surface area contributed by atoms with Crippen molar-refractivity contribution in [1.82, 2.24) is 0 Å². The maximum Gasteiger partial charge on any atom is 0.202 e. The summed E-state index contributed by atoms with van der Waals surface area (Å²) in [7, 11) is 0. The van der Waals surface area contributed by atoms with Gasteiger partial charge in [0.2, 0.25) is 6.29 Å². The quantitative estimate of drug-likeness (QED) is 0.467. The van der Waals surface area contributed by atoms with Crippen molar-refractivity contribution in [3.8, 4) is 0 Å². The van der Waals surface area contributed by atoms with Crippen LogP contribution in [0.1, 0.15) is 6.42 Å². The second-order valence-corrected chi connectivity index (χ2v) is 3.22. The van der Waals surface area contributed by atoms with Crippen LogP contribution in [0, 0.1) is 0 Å². The molecular weight excluding hydrogens is 172 g/mol. The van der Waals surface area contributed by atoms with E-state index in [-0.39, 0.29) is 6.29 Å². The number of hydrogen-bond acceptors (Lipinski definition) is 4. The zero-order chi connectivity index (χ0) is 9.10. The number of ether oxygens (including phenoxy) is 4. The van der Waals surface area contributed by atoms with E-state index < -0.39 is 0 Å². The van der Waals surface area contributed by atoms with Gasteiger partial charge in [-0.3, -0.25) is 0 Å². The van der Waals surface area contributed by atoms with Gasteiger partial charge in [0.05, 0.1) is 19.8 Å². The smallest absolute Gasteiger partial charge is 0.202 e. The molecule has 2 aliphatic rings. The highest BCUT2D eigenvalue weighted by molar-refractivity contribution is 4.86. The minimum Gasteiger partial charge on any atom is -0.467 e. The fraction of sp³-hybridized carbons (Fsp3) is 0.778. The summed E-state index contributed by atoms with van der Waals surface area (Å²) in [6.07, 6.45) is 0.930. The lowest BCUT2D eigenvalue weighted by Gasteiger charge is -2.08. The standard InChI is InChI=1S/C9H14O4/c1-7-4-12-9(13-7)2-3-10-5-8-6-11-8/h8-9H,1-6H2. The Hall–Kier alpha value is -0.580. The number of rotatable bonds is 5. The average molecular weight is 186 g/mol. The largest absolute Gasteiger partial charge is 0.467 e. The Bertz CT molecular complexity index is 188. The zero-order valence-corrected chi connectivity index (χ0v) is 7.53. The molecule has 2 atom stereocenters. The van der Waals surface area contributed by atoms with E-state index in [4.69, 9.17) is 18.9 Å². The van der Waals surface area contributed by atoms with Crippen molar-refractivity contribution in [1.29, 1.82) is 0 Å². The van der Waals surface area contributed by atoms with Crippen LogP contribution in [-0.4, -0.2) is 38.8 Å². The predicted octanol–water partition coefficient (Wildman–Crippen LogP) is 0.678. The third-order valence-electron chi connectivity index (χ3n) is 1.93. The minimum absolute atomic E-state index is 0.160. The Kier molecular flexibility index (Phi) is 2.83. The zero-order valence-electron chi connectivity index (χ0n) is 7.53. The Morgan fingerprint density at radius 3 is 2.92 bits per heavy atom. The van der Waals surface area contributed by atoms with Crippen LogP contribution in [0.4, 0.5) is 0 Å². The van der Waals surface area contributed by atoms with E-state index in [9.17, 15) is 0 Å². The predicted molar refractivity (Wildman–Crippen MR) is 45.1 cm³/mol. The first-order valence-corrected chi connectivity index (χ1v) is 4.50. The van der Waals surface area contributed by atoms with Gasteiger partial charge in [-0.15, -0.1) is 0 Å². The Morgan fingerprint density at radius 2 is 2.31 bits per heavy atom. The van der Waals surface area contributed by atoms with Crippen molar-refractivity contribution in [3.63, 3.8) is 0 Å². The Morgan fingerprint density at radius 1 is 1.46 bits per heavy atom. The van der Waals surface area contributed by atoms with Gasteiger partial charge in [0, 0.05) is 6.42 Å². The van der Waals surface area contributed by atoms with Gasteiger partial charge in [-0.2, -0.15) is 0 Å². The molecule has 2 heterocycles. The first kappa shape index (κ1) is 8.99. The van der Waals surface area contributed by atoms with Gasteiger partial charge in [0.15, 0.2) is 0 Å². The molecular formula is C9H14O4. The fourth-order valence-corrected chi connectivity index (χ4v) is 1.14. The van der Waals surface area contributed by atoms with E-state index in [0.717, 1.165) is 13.0 Å². The van der Waals surface area contributed by atoms with Crippen LogP contribution >= 0.6 is 0 Å². The summed E-state index contributed by atoms with van der Waals surface area (Å²) in [5.74, 6) is 0.704. The van der Waals surface area contributed by atoms with Crippen LogP contribution in [0.15, 0.2) is 12.3 Å². The average Bonchev–Trinajstić information content (AvgIpc) is 2.84. The summed E-state index contributed by atoms with van der Waals surface area (Å²) < 4.78 is 20.8. The molecule has 0 aromatic carbocycles. The van der Waals surface area contributed by atoms with E-state index in [1.807, 2.05) is 0 Å². The molecule has 0 aliphatic carbocycles. The lowest BCUT2D eigenvalue weighted by Crippen LogP contribution is -2.12. The first-order valence-electron chi connectivity index (χ1n) is 4.50. The fourth-order valence-electron chi connectivity index (χ4n) is 1.14. The van der Waals surface area contributed by atoms with E-state index in [0.29, 0.717) is 31.7 Å². The van der Waals surface area contributed by atoms with Crippen molar-refractivity contribution in [2.45, 2.75) is 18.8 Å². The van der Waals surface area contributed by atoms with Gasteiger partial charge in [-0.25, -0.2) is 0 Å². The van der Waals surface area contributed by atoms with Gasteiger partial charge in [-0.05, 0) is 0 Å². The molecule has 13 heavy (non-hydrogen) atoms. The van der Waals surface area contributed by atoms with Gasteiger partial charge in [0.25, 0.3) is 0 Å². The maximum absolute atomic E-state index is 5.34. The molecule has 0 radical (unpaired) electrons. The van der Waals surface area contributed by atoms with Gasteiger partial charge < -0.3 is 18.9 Å². The van der Waals surface area contributed by atoms with Crippen molar-refractivity contribution >= 4 is 0 Å². The summed E-state index contributed by atoms with van der Waals surface area (Å²) in [5, 5.41) is 0. The highest BCUT2D eigenvalue weighted by Crippen LogP contribution is 2.16. The summed E-state index contributed by atoms with van der Waals surface area (Å²) in [4.78, 5) is 0. The molecule has 0 amide bonds. The molecule has 2 aliphatic heterocycles. The molecule has 2 saturated heterocycles. The molecule has 4 heteroatoms. The Labute approximate surface area is 77.4 Å². The highest BCUT2D eigenvalue weighted by Gasteiger charge is 2.23. The normalized spacial score (nSPS) is 31.8. The van der Waals surface area contributed by atoms with Crippen molar-refractivity contribution in [3.05, 3.63) is 12.3 Å². The topological polar surface area (TPSA) is 40.2 Å². The third-order valence-corrected chi connectivity index (χ3v) is 1.93. The van der Waals surface area contributed by atoms with Gasteiger partial charge in [-0.1, -0.05) is 6.58 Å². The SMILES string of the molecule is C=C1COC(CCOCC2CO2)O1. The highest BCUT2D eigenvalue weighted by atomic mass is 16.7. The summed E-state index contributed by atoms with van der Waals surface area (Å²) in [5.41, 5.74) is 0. The molecule has 4 nitrogen and oxygen atoms in total. The molecule has 0 saturated carbocycles. The number of epoxide rings is 1. The summed E-state index contributed by atoms with van der Waals surface area (Å²) in [6, 6.07) is 0. The van der Waals surface area contributed by atoms with Gasteiger partial charge in [0.1, 0.15) is 18.5 Å². The molecule has 0 aromatic rings. The first-order chi connectivity index (χ1) is 6.34. The summed E-state index contributed by atoms with van der Waals surface area (Å²) in [6.45, 7) is 6.35. The maximum atomic E-state index is 5.34. The minimum atomic E-state index is -0.160. The monoisotopic (exact) mass is 186 g/mol. The molecule has 2 unspecified atom stereocenters. The van der Waals surface area contributed by atoms with Crippen LogP contribution in [0.3, 0.4) is 0 Å². The Balaban J connectivity index is 1.49. The van der Waals surface area contributed by atoms with Crippen LogP contribution in [-0.2, 0) is 18.9 Å². The van der Waals surface area contributed by atoms with E-state index in [2.05, 4.69) is 6.58 Å². The molecule has 2 fully saturated rings. The van der Waals surface area contributed by atoms with E-state index >= 15 is 0 Å². The van der Waals surface area contributed by atoms with Crippen molar-refractivity contribution in [2.75, 3.05) is 26.4 Å². The van der Waals surface area contributed by atoms with Crippen molar-refractivity contribution in [2.24, 2.45) is 0 Å². The molecule has 0 bridgehead atoms. The third kappa shape index (κ3) is 2.99. The molecule has 74 valence electrons. The lowest BCUT2D eigenvalue weighted by molar-refractivity contribution is -0.0539. The van der Waals surface area contributed by atoms with Crippen LogP contribution in [0.2, 0.25) is 0 Å². The van der Waals surface area contributed by atoms with E-state index in [1.165, 1.54) is 0 Å². The molecule has 2 rings (SSSR count). The molecule has 0 spiro atoms. The number of hydrogen-bond donors (Lipinski definition) is 0. The van der Waals surface area contributed by atoms with Crippen LogP contribution < -0.4 is 0 Å². The second kappa shape index (κ2) is 4.09. The van der Waals surface area contributed by atoms with E-state index in [1.54, 1.807) is 0 Å². The van der Waals surface area contributed by atoms with Crippen molar-refractivity contribution < 1.29 is 18.9 Å². The van der Waals surface area contributed by atoms with Gasteiger partial charge >= 0.3 is 0 Å². The van der Waals surface area contributed by atoms with Crippen LogP contribution in [0.25, 0.3) is 0 Å². The van der Waals surface area contributed by atoms with Crippen LogP contribution in [0.5, 0.6) is 0 Å². The second-order valence-electron chi connectivity index (χ2n) is 3.22. The molecule has 0 aromatic heterocycles. The molecule has 0 N–H and O–H groups in total. The lowest BCUT2D eigenvalue weighted by atomic mass is 10.4.